The van der Waals surface area contributed by atoms with Crippen LogP contribution in [-0.4, -0.2) is 127 Å². The van der Waals surface area contributed by atoms with Gasteiger partial charge in [0.1, 0.15) is 42.7 Å². The van der Waals surface area contributed by atoms with Crippen LogP contribution >= 0.6 is 0 Å². The summed E-state index contributed by atoms with van der Waals surface area (Å²) in [4.78, 5) is 35.9. The minimum Gasteiger partial charge on any atom is -0.394 e. The van der Waals surface area contributed by atoms with Crippen molar-refractivity contribution in [3.05, 3.63) is 41.5 Å². The second-order valence-electron chi connectivity index (χ2n) is 8.20. The van der Waals surface area contributed by atoms with Gasteiger partial charge in [-0.25, -0.2) is 10.9 Å². The lowest BCUT2D eigenvalue weighted by Crippen LogP contribution is -2.61. The number of aliphatic hydroxyl groups excluding tert-OH is 7. The number of rotatable bonds is 13. The molecule has 38 heavy (non-hydrogen) atoms. The van der Waals surface area contributed by atoms with E-state index < -0.39 is 86.4 Å². The lowest BCUT2D eigenvalue weighted by atomic mass is 9.98. The van der Waals surface area contributed by atoms with Crippen LogP contribution in [0.15, 0.2) is 30.3 Å². The molecule has 11 N–H and O–H groups in total. The molecule has 1 saturated heterocycles. The number of aliphatic hydroxyl groups is 7. The van der Waals surface area contributed by atoms with Crippen molar-refractivity contribution in [2.75, 3.05) is 19.8 Å². The van der Waals surface area contributed by atoms with E-state index in [2.05, 4.69) is 10.9 Å². The Morgan fingerprint density at radius 2 is 1.79 bits per heavy atom. The van der Waals surface area contributed by atoms with Crippen LogP contribution in [0, 0.1) is 0 Å². The minimum atomic E-state index is -2.12. The second-order valence-corrected chi connectivity index (χ2v) is 8.20. The van der Waals surface area contributed by atoms with Gasteiger partial charge >= 0.3 is 0 Å². The third-order valence-electron chi connectivity index (χ3n) is 5.50. The summed E-state index contributed by atoms with van der Waals surface area (Å²) < 4.78 is 10.4. The van der Waals surface area contributed by atoms with E-state index in [0.29, 0.717) is 5.56 Å². The molecule has 1 aliphatic heterocycles. The van der Waals surface area contributed by atoms with Crippen molar-refractivity contribution in [3.8, 4) is 0 Å². The summed E-state index contributed by atoms with van der Waals surface area (Å²) in [5, 5.41) is 77.4. The largest absolute Gasteiger partial charge is 0.394 e. The highest BCUT2D eigenvalue weighted by Gasteiger charge is 2.46. The third-order valence-corrected chi connectivity index (χ3v) is 5.50. The fourth-order valence-electron chi connectivity index (χ4n) is 3.38. The summed E-state index contributed by atoms with van der Waals surface area (Å²) in [5.74, 6) is -2.50. The van der Waals surface area contributed by atoms with Crippen molar-refractivity contribution in [1.29, 1.82) is 0 Å². The normalized spacial score (nSPS) is 25.9. The first-order valence-corrected chi connectivity index (χ1v) is 11.2. The van der Waals surface area contributed by atoms with Gasteiger partial charge in [-0.2, -0.15) is 0 Å². The number of hydrogen-bond acceptors (Lipinski definition) is 14. The molecule has 16 nitrogen and oxygen atoms in total. The minimum absolute atomic E-state index is 0.122. The van der Waals surface area contributed by atoms with Crippen molar-refractivity contribution in [2.24, 2.45) is 0 Å². The van der Waals surface area contributed by atoms with E-state index in [1.807, 2.05) is 0 Å². The average molecular weight is 545 g/mol. The van der Waals surface area contributed by atoms with E-state index in [-0.39, 0.29) is 5.56 Å². The number of carbonyl (C=O) groups excluding carboxylic acids is 3. The van der Waals surface area contributed by atoms with Gasteiger partial charge in [0.05, 0.1) is 19.8 Å². The van der Waals surface area contributed by atoms with Gasteiger partial charge in [-0.05, 0) is 23.8 Å². The topological polar surface area (TPSA) is 268 Å². The van der Waals surface area contributed by atoms with Gasteiger partial charge in [0.25, 0.3) is 11.8 Å². The van der Waals surface area contributed by atoms with Gasteiger partial charge in [-0.3, -0.25) is 25.0 Å². The maximum Gasteiger partial charge on any atom is 0.267 e. The van der Waals surface area contributed by atoms with Crippen molar-refractivity contribution in [2.45, 2.75) is 49.0 Å². The second kappa shape index (κ2) is 14.9. The van der Waals surface area contributed by atoms with E-state index in [9.17, 15) is 50.1 Å². The maximum absolute atomic E-state index is 12.5. The van der Waals surface area contributed by atoms with Crippen molar-refractivity contribution >= 4 is 23.7 Å². The lowest BCUT2D eigenvalue weighted by molar-refractivity contribution is -0.323. The van der Waals surface area contributed by atoms with E-state index in [4.69, 9.17) is 14.7 Å². The summed E-state index contributed by atoms with van der Waals surface area (Å²) in [5.41, 5.74) is 6.48. The molecular weight excluding hydrogens is 514 g/mol. The standard InChI is InChI=1S/C22H31N3O13/c26-8-13(29)20(38-22-19(34)18(33)17(32)14(9-27)37-22)16(31)12(28)7-23-24-21(35)11-3-1-2-10(6-11)4-5-15(30)25-36/h1-6,13-14,16-20,22-23,26-27,29,31-34,36H,7-9H2,(H,24,35)(H,25,30)/b5-4+/t13-,14-,16-,17+,18+,19-,20-,22+/m1/s1. The zero-order valence-electron chi connectivity index (χ0n) is 19.8. The zero-order chi connectivity index (χ0) is 28.4. The van der Waals surface area contributed by atoms with Crippen LogP contribution in [0.3, 0.4) is 0 Å². The van der Waals surface area contributed by atoms with Crippen molar-refractivity contribution in [3.63, 3.8) is 0 Å². The molecule has 8 atom stereocenters. The number of hydroxylamine groups is 1. The molecule has 0 saturated carbocycles. The van der Waals surface area contributed by atoms with Gasteiger partial charge in [0.15, 0.2) is 12.1 Å². The molecule has 0 aliphatic carbocycles. The monoisotopic (exact) mass is 545 g/mol. The Morgan fingerprint density at radius 3 is 2.42 bits per heavy atom. The molecule has 16 heteroatoms. The van der Waals surface area contributed by atoms with Crippen LogP contribution in [0.2, 0.25) is 0 Å². The van der Waals surface area contributed by atoms with E-state index in [1.165, 1.54) is 29.8 Å². The molecule has 0 radical (unpaired) electrons. The molecule has 1 aromatic rings. The molecule has 0 spiro atoms. The predicted octanol–water partition coefficient (Wildman–Crippen LogP) is -5.09. The van der Waals surface area contributed by atoms with Crippen LogP contribution in [0.5, 0.6) is 0 Å². The molecule has 1 heterocycles. The van der Waals surface area contributed by atoms with E-state index >= 15 is 0 Å². The Hall–Kier alpha value is -2.87. The molecule has 1 aromatic carbocycles. The smallest absolute Gasteiger partial charge is 0.267 e. The first-order valence-electron chi connectivity index (χ1n) is 11.2. The third kappa shape index (κ3) is 8.32. The Balaban J connectivity index is 1.98. The van der Waals surface area contributed by atoms with E-state index in [1.54, 1.807) is 6.07 Å². The maximum atomic E-state index is 12.5. The Bertz CT molecular complexity index is 976. The number of nitrogens with one attached hydrogen (secondary N) is 3. The predicted molar refractivity (Wildman–Crippen MR) is 124 cm³/mol. The average Bonchev–Trinajstić information content (AvgIpc) is 2.93. The van der Waals surface area contributed by atoms with Crippen LogP contribution in [-0.2, 0) is 19.1 Å². The summed E-state index contributed by atoms with van der Waals surface area (Å²) in [6.45, 7) is -2.45. The number of ether oxygens (including phenoxy) is 2. The van der Waals surface area contributed by atoms with Crippen LogP contribution in [0.4, 0.5) is 0 Å². The number of Topliss-reactive ketones (excluding diaryl/α,β-unsaturated/α-hetero) is 1. The van der Waals surface area contributed by atoms with Crippen LogP contribution < -0.4 is 16.3 Å². The van der Waals surface area contributed by atoms with Gasteiger partial charge < -0.3 is 45.2 Å². The Labute approximate surface area is 215 Å². The fraction of sp³-hybridized carbons (Fsp3) is 0.500. The lowest BCUT2D eigenvalue weighted by Gasteiger charge is -2.41. The number of hydrazine groups is 1. The summed E-state index contributed by atoms with van der Waals surface area (Å²) >= 11 is 0. The molecule has 212 valence electrons. The number of benzene rings is 1. The molecule has 0 bridgehead atoms. The zero-order valence-corrected chi connectivity index (χ0v) is 19.8. The Morgan fingerprint density at radius 1 is 1.08 bits per heavy atom. The summed E-state index contributed by atoms with van der Waals surface area (Å²) in [6, 6.07) is 5.92. The quantitative estimate of drug-likeness (QED) is 0.0629. The molecule has 0 aromatic heterocycles. The molecule has 0 unspecified atom stereocenters. The molecule has 1 fully saturated rings. The van der Waals surface area contributed by atoms with Crippen LogP contribution in [0.25, 0.3) is 6.08 Å². The number of ketones is 1. The molecule has 1 aliphatic rings. The number of amides is 2. The highest BCUT2D eigenvalue weighted by molar-refractivity contribution is 5.95. The number of hydrogen-bond donors (Lipinski definition) is 11. The van der Waals surface area contributed by atoms with Crippen molar-refractivity contribution < 1.29 is 64.8 Å². The summed E-state index contributed by atoms with van der Waals surface area (Å²) in [7, 11) is 0. The van der Waals surface area contributed by atoms with Crippen LogP contribution in [0.1, 0.15) is 15.9 Å². The highest BCUT2D eigenvalue weighted by Crippen LogP contribution is 2.24. The first-order chi connectivity index (χ1) is 18.0. The number of carbonyl (C=O) groups is 3. The Kier molecular flexibility index (Phi) is 12.3. The van der Waals surface area contributed by atoms with E-state index in [0.717, 1.165) is 6.08 Å². The molecule has 2 amide bonds. The van der Waals surface area contributed by atoms with Gasteiger partial charge in [0, 0.05) is 11.6 Å². The molecular formula is C22H31N3O13. The molecule has 2 rings (SSSR count). The summed E-state index contributed by atoms with van der Waals surface area (Å²) in [6.07, 6.45) is -12.1. The SMILES string of the molecule is O=C(/C=C/c1cccc(C(=O)NNCC(=O)[C@@H](O)[C@H](O[C@@H]2O[C@H](CO)[C@H](O)[C@H](O)[C@H]2O)[C@H](O)CO)c1)NO. The fourth-order valence-corrected chi connectivity index (χ4v) is 3.38. The highest BCUT2D eigenvalue weighted by atomic mass is 16.7. The first kappa shape index (κ1) is 31.3. The van der Waals surface area contributed by atoms with Gasteiger partial charge in [-0.1, -0.05) is 12.1 Å². The van der Waals surface area contributed by atoms with Gasteiger partial charge in [-0.15, -0.1) is 0 Å². The van der Waals surface area contributed by atoms with Gasteiger partial charge in [0.2, 0.25) is 0 Å². The van der Waals surface area contributed by atoms with Crippen molar-refractivity contribution in [1.82, 2.24) is 16.3 Å².